The van der Waals surface area contributed by atoms with Crippen molar-refractivity contribution in [3.63, 3.8) is 0 Å². The van der Waals surface area contributed by atoms with Crippen LogP contribution < -0.4 is 10.6 Å². The Bertz CT molecular complexity index is 897. The molecule has 0 atom stereocenters. The Balaban J connectivity index is 1.30. The minimum absolute atomic E-state index is 0.111. The van der Waals surface area contributed by atoms with Gasteiger partial charge in [-0.05, 0) is 36.1 Å². The lowest BCUT2D eigenvalue weighted by Crippen LogP contribution is -2.53. The van der Waals surface area contributed by atoms with Crippen LogP contribution in [0.25, 0.3) is 0 Å². The van der Waals surface area contributed by atoms with E-state index in [2.05, 4.69) is 22.8 Å². The quantitative estimate of drug-likeness (QED) is 0.661. The van der Waals surface area contributed by atoms with Crippen LogP contribution in [-0.4, -0.2) is 60.4 Å². The normalized spacial score (nSPS) is 13.5. The number of urea groups is 1. The molecule has 1 saturated heterocycles. The molecular weight excluding hydrogens is 411 g/mol. The maximum Gasteiger partial charge on any atom is 0.315 e. The summed E-state index contributed by atoms with van der Waals surface area (Å²) in [5.41, 5.74) is 1.99. The molecule has 170 valence electrons. The molecule has 0 radical (unpaired) electrons. The van der Waals surface area contributed by atoms with Crippen molar-refractivity contribution in [2.45, 2.75) is 25.8 Å². The molecular formula is C24H29FN4O3. The Morgan fingerprint density at radius 1 is 0.781 bits per heavy atom. The zero-order valence-electron chi connectivity index (χ0n) is 18.1. The zero-order valence-corrected chi connectivity index (χ0v) is 18.1. The molecule has 2 N–H and O–H groups in total. The third-order valence-corrected chi connectivity index (χ3v) is 5.45. The number of hydrogen-bond acceptors (Lipinski definition) is 3. The Kier molecular flexibility index (Phi) is 8.60. The van der Waals surface area contributed by atoms with Crippen molar-refractivity contribution in [1.82, 2.24) is 20.4 Å². The number of carbonyl (C=O) groups excluding carboxylic acids is 3. The Labute approximate surface area is 187 Å². The number of piperazine rings is 1. The van der Waals surface area contributed by atoms with E-state index in [0.717, 1.165) is 18.4 Å². The number of aryl methyl sites for hydroxylation is 1. The molecule has 1 aliphatic heterocycles. The summed E-state index contributed by atoms with van der Waals surface area (Å²) in [6.07, 6.45) is 2.18. The van der Waals surface area contributed by atoms with Crippen LogP contribution in [0, 0.1) is 5.82 Å². The second kappa shape index (κ2) is 11.8. The fourth-order valence-electron chi connectivity index (χ4n) is 3.57. The first-order valence-corrected chi connectivity index (χ1v) is 10.9. The van der Waals surface area contributed by atoms with Gasteiger partial charge in [0.1, 0.15) is 5.82 Å². The number of nitrogens with zero attached hydrogens (tertiary/aromatic N) is 2. The molecule has 8 heteroatoms. The van der Waals surface area contributed by atoms with Crippen LogP contribution in [0.2, 0.25) is 0 Å². The number of halogens is 1. The molecule has 2 aromatic carbocycles. The molecule has 0 unspecified atom stereocenters. The van der Waals surface area contributed by atoms with Gasteiger partial charge < -0.3 is 20.4 Å². The number of carbonyl (C=O) groups is 3. The first-order valence-electron chi connectivity index (χ1n) is 10.9. The highest BCUT2D eigenvalue weighted by molar-refractivity contribution is 5.84. The van der Waals surface area contributed by atoms with E-state index in [-0.39, 0.29) is 30.7 Å². The minimum atomic E-state index is -0.463. The van der Waals surface area contributed by atoms with Crippen molar-refractivity contribution in [1.29, 1.82) is 0 Å². The molecule has 32 heavy (non-hydrogen) atoms. The molecule has 0 bridgehead atoms. The fraction of sp³-hybridized carbons (Fsp3) is 0.375. The number of rotatable bonds is 8. The fourth-order valence-corrected chi connectivity index (χ4v) is 3.57. The predicted octanol–water partition coefficient (Wildman–Crippen LogP) is 2.32. The summed E-state index contributed by atoms with van der Waals surface area (Å²) in [7, 11) is 0. The van der Waals surface area contributed by atoms with Crippen LogP contribution in [0.4, 0.5) is 9.18 Å². The van der Waals surface area contributed by atoms with E-state index in [9.17, 15) is 18.8 Å². The molecule has 2 aromatic rings. The highest BCUT2D eigenvalue weighted by Crippen LogP contribution is 2.09. The van der Waals surface area contributed by atoms with Gasteiger partial charge in [-0.1, -0.05) is 42.5 Å². The average Bonchev–Trinajstić information content (AvgIpc) is 2.83. The van der Waals surface area contributed by atoms with Crippen LogP contribution in [-0.2, 0) is 22.6 Å². The van der Waals surface area contributed by atoms with Gasteiger partial charge in [-0.25, -0.2) is 9.18 Å². The summed E-state index contributed by atoms with van der Waals surface area (Å²) < 4.78 is 12.9. The van der Waals surface area contributed by atoms with E-state index in [1.165, 1.54) is 17.7 Å². The van der Waals surface area contributed by atoms with Crippen molar-refractivity contribution < 1.29 is 18.8 Å². The molecule has 0 aliphatic carbocycles. The Morgan fingerprint density at radius 2 is 1.41 bits per heavy atom. The molecule has 1 fully saturated rings. The van der Waals surface area contributed by atoms with Gasteiger partial charge in [0.05, 0.1) is 6.54 Å². The lowest BCUT2D eigenvalue weighted by atomic mass is 10.1. The van der Waals surface area contributed by atoms with Crippen LogP contribution in [0.15, 0.2) is 54.6 Å². The van der Waals surface area contributed by atoms with Crippen molar-refractivity contribution in [3.05, 3.63) is 71.5 Å². The summed E-state index contributed by atoms with van der Waals surface area (Å²) >= 11 is 0. The maximum absolute atomic E-state index is 12.9. The topological polar surface area (TPSA) is 81.8 Å². The SMILES string of the molecule is O=C(NCC(=O)N1CCN(C(=O)CCCc2ccccc2)CC1)NCc1ccc(F)cc1. The summed E-state index contributed by atoms with van der Waals surface area (Å²) in [4.78, 5) is 40.1. The monoisotopic (exact) mass is 440 g/mol. The van der Waals surface area contributed by atoms with Crippen molar-refractivity contribution >= 4 is 17.8 Å². The maximum atomic E-state index is 12.9. The van der Waals surface area contributed by atoms with E-state index >= 15 is 0 Å². The smallest absolute Gasteiger partial charge is 0.315 e. The van der Waals surface area contributed by atoms with Crippen LogP contribution >= 0.6 is 0 Å². The van der Waals surface area contributed by atoms with Crippen molar-refractivity contribution in [3.8, 4) is 0 Å². The molecule has 0 spiro atoms. The summed E-state index contributed by atoms with van der Waals surface area (Å²) in [6, 6.07) is 15.5. The van der Waals surface area contributed by atoms with Gasteiger partial charge in [0.15, 0.2) is 0 Å². The zero-order chi connectivity index (χ0) is 22.8. The average molecular weight is 441 g/mol. The first-order chi connectivity index (χ1) is 15.5. The first kappa shape index (κ1) is 23.2. The van der Waals surface area contributed by atoms with E-state index in [1.807, 2.05) is 18.2 Å². The Morgan fingerprint density at radius 3 is 2.06 bits per heavy atom. The minimum Gasteiger partial charge on any atom is -0.339 e. The molecule has 0 aromatic heterocycles. The highest BCUT2D eigenvalue weighted by Gasteiger charge is 2.23. The van der Waals surface area contributed by atoms with Gasteiger partial charge in [0.25, 0.3) is 0 Å². The van der Waals surface area contributed by atoms with E-state index in [4.69, 9.17) is 0 Å². The molecule has 1 heterocycles. The van der Waals surface area contributed by atoms with Gasteiger partial charge >= 0.3 is 6.03 Å². The van der Waals surface area contributed by atoms with Crippen molar-refractivity contribution in [2.75, 3.05) is 32.7 Å². The lowest BCUT2D eigenvalue weighted by Gasteiger charge is -2.35. The number of benzene rings is 2. The summed E-state index contributed by atoms with van der Waals surface area (Å²) in [5.74, 6) is -0.401. The van der Waals surface area contributed by atoms with Gasteiger partial charge in [-0.3, -0.25) is 9.59 Å². The molecule has 7 nitrogen and oxygen atoms in total. The van der Waals surface area contributed by atoms with Gasteiger partial charge in [0.2, 0.25) is 11.8 Å². The van der Waals surface area contributed by atoms with E-state index in [1.54, 1.807) is 21.9 Å². The molecule has 3 rings (SSSR count). The second-order valence-electron chi connectivity index (χ2n) is 7.76. The number of hydrogen-bond donors (Lipinski definition) is 2. The van der Waals surface area contributed by atoms with Crippen LogP contribution in [0.5, 0.6) is 0 Å². The van der Waals surface area contributed by atoms with Crippen molar-refractivity contribution in [2.24, 2.45) is 0 Å². The standard InChI is InChI=1S/C24H29FN4O3/c25-21-11-9-20(10-12-21)17-26-24(32)27-18-23(31)29-15-13-28(14-16-29)22(30)8-4-7-19-5-2-1-3-6-19/h1-3,5-6,9-12H,4,7-8,13-18H2,(H2,26,27,32). The Hall–Kier alpha value is -3.42. The van der Waals surface area contributed by atoms with Crippen LogP contribution in [0.3, 0.4) is 0 Å². The predicted molar refractivity (Wildman–Crippen MR) is 119 cm³/mol. The summed E-state index contributed by atoms with van der Waals surface area (Å²) in [5, 5.41) is 5.18. The second-order valence-corrected chi connectivity index (χ2v) is 7.76. The van der Waals surface area contributed by atoms with Gasteiger partial charge in [-0.15, -0.1) is 0 Å². The lowest BCUT2D eigenvalue weighted by molar-refractivity contribution is -0.139. The largest absolute Gasteiger partial charge is 0.339 e. The molecule has 4 amide bonds. The van der Waals surface area contributed by atoms with Gasteiger partial charge in [0, 0.05) is 39.1 Å². The van der Waals surface area contributed by atoms with Crippen LogP contribution in [0.1, 0.15) is 24.0 Å². The number of amides is 4. The third kappa shape index (κ3) is 7.37. The molecule has 1 aliphatic rings. The van der Waals surface area contributed by atoms with E-state index < -0.39 is 6.03 Å². The summed E-state index contributed by atoms with van der Waals surface area (Å²) in [6.45, 7) is 2.06. The number of nitrogens with one attached hydrogen (secondary N) is 2. The van der Waals surface area contributed by atoms with E-state index in [0.29, 0.717) is 32.6 Å². The highest BCUT2D eigenvalue weighted by atomic mass is 19.1. The molecule has 0 saturated carbocycles. The third-order valence-electron chi connectivity index (χ3n) is 5.45. The van der Waals surface area contributed by atoms with Gasteiger partial charge in [-0.2, -0.15) is 0 Å².